The van der Waals surface area contributed by atoms with Crippen molar-refractivity contribution in [2.45, 2.75) is 38.9 Å². The van der Waals surface area contributed by atoms with Crippen LogP contribution in [0.4, 0.5) is 0 Å². The van der Waals surface area contributed by atoms with Crippen LogP contribution in [0.2, 0.25) is 0 Å². The highest BCUT2D eigenvalue weighted by molar-refractivity contribution is 9.09. The average Bonchev–Trinajstić information content (AvgIpc) is 2.19. The van der Waals surface area contributed by atoms with Crippen LogP contribution in [0.5, 0.6) is 0 Å². The third kappa shape index (κ3) is 2.60. The molecule has 1 aromatic carbocycles. The van der Waals surface area contributed by atoms with Crippen LogP contribution < -0.4 is 0 Å². The average molecular weight is 255 g/mol. The molecule has 1 rings (SSSR count). The molecule has 0 spiro atoms. The summed E-state index contributed by atoms with van der Waals surface area (Å²) in [5.41, 5.74) is 4.18. The van der Waals surface area contributed by atoms with Gasteiger partial charge in [0.2, 0.25) is 0 Å². The molecule has 0 aliphatic heterocycles. The van der Waals surface area contributed by atoms with E-state index in [0.29, 0.717) is 10.7 Å². The minimum absolute atomic E-state index is 0.493. The second kappa shape index (κ2) is 4.97. The predicted octanol–water partition coefficient (Wildman–Crippen LogP) is 4.79. The minimum Gasteiger partial charge on any atom is -0.0836 e. The Bertz CT molecular complexity index is 304. The Morgan fingerprint density at radius 3 is 2.50 bits per heavy atom. The molecule has 0 aliphatic carbocycles. The van der Waals surface area contributed by atoms with Crippen LogP contribution in [0, 0.1) is 19.8 Å². The summed E-state index contributed by atoms with van der Waals surface area (Å²) >= 11 is 3.80. The first kappa shape index (κ1) is 11.8. The van der Waals surface area contributed by atoms with E-state index in [9.17, 15) is 0 Å². The standard InChI is InChI=1S/C13H19Br/c1-5-10(3)13(14)12-8-9(2)6-7-11(12)4/h6-8,10,13H,5H2,1-4H3. The van der Waals surface area contributed by atoms with Crippen molar-refractivity contribution in [1.82, 2.24) is 0 Å². The molecular weight excluding hydrogens is 236 g/mol. The highest BCUT2D eigenvalue weighted by atomic mass is 79.9. The van der Waals surface area contributed by atoms with Gasteiger partial charge in [-0.25, -0.2) is 0 Å². The molecule has 0 nitrogen and oxygen atoms in total. The zero-order valence-corrected chi connectivity index (χ0v) is 11.1. The molecule has 0 fully saturated rings. The molecular formula is C13H19Br. The van der Waals surface area contributed by atoms with Crippen molar-refractivity contribution in [3.8, 4) is 0 Å². The van der Waals surface area contributed by atoms with Gasteiger partial charge in [-0.05, 0) is 30.9 Å². The molecule has 0 aromatic heterocycles. The van der Waals surface area contributed by atoms with Crippen LogP contribution in [0.3, 0.4) is 0 Å². The van der Waals surface area contributed by atoms with Gasteiger partial charge in [-0.3, -0.25) is 0 Å². The van der Waals surface area contributed by atoms with Gasteiger partial charge in [-0.2, -0.15) is 0 Å². The fourth-order valence-corrected chi connectivity index (χ4v) is 2.44. The Morgan fingerprint density at radius 1 is 1.29 bits per heavy atom. The van der Waals surface area contributed by atoms with Crippen molar-refractivity contribution >= 4 is 15.9 Å². The lowest BCUT2D eigenvalue weighted by molar-refractivity contribution is 0.554. The number of hydrogen-bond donors (Lipinski definition) is 0. The van der Waals surface area contributed by atoms with E-state index in [2.05, 4.69) is 61.8 Å². The largest absolute Gasteiger partial charge is 0.0836 e. The van der Waals surface area contributed by atoms with Gasteiger partial charge in [0.25, 0.3) is 0 Å². The lowest BCUT2D eigenvalue weighted by atomic mass is 9.94. The van der Waals surface area contributed by atoms with E-state index in [-0.39, 0.29) is 0 Å². The maximum absolute atomic E-state index is 3.80. The Labute approximate surface area is 95.9 Å². The van der Waals surface area contributed by atoms with Gasteiger partial charge < -0.3 is 0 Å². The third-order valence-corrected chi connectivity index (χ3v) is 4.27. The number of hydrogen-bond acceptors (Lipinski definition) is 0. The smallest absolute Gasteiger partial charge is 0.0423 e. The van der Waals surface area contributed by atoms with Crippen molar-refractivity contribution in [2.24, 2.45) is 5.92 Å². The van der Waals surface area contributed by atoms with Crippen LogP contribution in [-0.2, 0) is 0 Å². The summed E-state index contributed by atoms with van der Waals surface area (Å²) in [5, 5.41) is 0. The van der Waals surface area contributed by atoms with Gasteiger partial charge >= 0.3 is 0 Å². The summed E-state index contributed by atoms with van der Waals surface area (Å²) in [6, 6.07) is 6.68. The molecule has 0 saturated carbocycles. The summed E-state index contributed by atoms with van der Waals surface area (Å²) in [5.74, 6) is 0.690. The Balaban J connectivity index is 2.99. The molecule has 0 bridgehead atoms. The first-order valence-corrected chi connectivity index (χ1v) is 6.19. The van der Waals surface area contributed by atoms with Crippen LogP contribution in [0.15, 0.2) is 18.2 Å². The summed E-state index contributed by atoms with van der Waals surface area (Å²) in [6.07, 6.45) is 1.21. The van der Waals surface area contributed by atoms with Gasteiger partial charge in [0.15, 0.2) is 0 Å². The van der Waals surface area contributed by atoms with Crippen LogP contribution in [0.25, 0.3) is 0 Å². The predicted molar refractivity (Wildman–Crippen MR) is 67.0 cm³/mol. The van der Waals surface area contributed by atoms with Crippen LogP contribution in [-0.4, -0.2) is 0 Å². The van der Waals surface area contributed by atoms with E-state index in [0.717, 1.165) is 0 Å². The molecule has 0 radical (unpaired) electrons. The van der Waals surface area contributed by atoms with Crippen LogP contribution >= 0.6 is 15.9 Å². The number of aryl methyl sites for hydroxylation is 2. The number of halogens is 1. The maximum Gasteiger partial charge on any atom is 0.0423 e. The van der Waals surface area contributed by atoms with E-state index in [1.165, 1.54) is 23.1 Å². The van der Waals surface area contributed by atoms with E-state index in [1.807, 2.05) is 0 Å². The van der Waals surface area contributed by atoms with Crippen molar-refractivity contribution in [2.75, 3.05) is 0 Å². The molecule has 0 saturated heterocycles. The van der Waals surface area contributed by atoms with Gasteiger partial charge in [0, 0.05) is 4.83 Å². The summed E-state index contributed by atoms with van der Waals surface area (Å²) in [6.45, 7) is 8.87. The monoisotopic (exact) mass is 254 g/mol. The van der Waals surface area contributed by atoms with E-state index < -0.39 is 0 Å². The van der Waals surface area contributed by atoms with Crippen molar-refractivity contribution in [3.63, 3.8) is 0 Å². The lowest BCUT2D eigenvalue weighted by Gasteiger charge is -2.19. The summed E-state index contributed by atoms with van der Waals surface area (Å²) < 4.78 is 0. The second-order valence-corrected chi connectivity index (χ2v) is 5.13. The Morgan fingerprint density at radius 2 is 1.93 bits per heavy atom. The zero-order chi connectivity index (χ0) is 10.7. The molecule has 78 valence electrons. The van der Waals surface area contributed by atoms with Crippen LogP contribution in [0.1, 0.15) is 41.8 Å². The number of benzene rings is 1. The minimum atomic E-state index is 0.493. The third-order valence-electron chi connectivity index (χ3n) is 2.88. The molecule has 1 aromatic rings. The quantitative estimate of drug-likeness (QED) is 0.681. The van der Waals surface area contributed by atoms with E-state index in [4.69, 9.17) is 0 Å². The van der Waals surface area contributed by atoms with E-state index >= 15 is 0 Å². The summed E-state index contributed by atoms with van der Waals surface area (Å²) in [7, 11) is 0. The SMILES string of the molecule is CCC(C)C(Br)c1cc(C)ccc1C. The fraction of sp³-hybridized carbons (Fsp3) is 0.538. The first-order chi connectivity index (χ1) is 6.56. The summed E-state index contributed by atoms with van der Waals surface area (Å²) in [4.78, 5) is 0.493. The molecule has 2 unspecified atom stereocenters. The maximum atomic E-state index is 3.80. The lowest BCUT2D eigenvalue weighted by Crippen LogP contribution is -2.04. The van der Waals surface area contributed by atoms with Crippen molar-refractivity contribution in [3.05, 3.63) is 34.9 Å². The molecule has 1 heteroatoms. The highest BCUT2D eigenvalue weighted by Crippen LogP contribution is 2.34. The molecule has 14 heavy (non-hydrogen) atoms. The fourth-order valence-electron chi connectivity index (χ4n) is 1.57. The normalized spacial score (nSPS) is 15.2. The van der Waals surface area contributed by atoms with Gasteiger partial charge in [0.05, 0.1) is 0 Å². The van der Waals surface area contributed by atoms with Crippen molar-refractivity contribution in [1.29, 1.82) is 0 Å². The topological polar surface area (TPSA) is 0 Å². The second-order valence-electron chi connectivity index (χ2n) is 4.15. The Kier molecular flexibility index (Phi) is 4.18. The van der Waals surface area contributed by atoms with E-state index in [1.54, 1.807) is 0 Å². The van der Waals surface area contributed by atoms with Gasteiger partial charge in [-0.1, -0.05) is 60.0 Å². The molecule has 2 atom stereocenters. The molecule has 0 N–H and O–H groups in total. The number of alkyl halides is 1. The van der Waals surface area contributed by atoms with Gasteiger partial charge in [0.1, 0.15) is 0 Å². The molecule has 0 heterocycles. The Hall–Kier alpha value is -0.300. The molecule has 0 amide bonds. The highest BCUT2D eigenvalue weighted by Gasteiger charge is 2.16. The number of rotatable bonds is 3. The van der Waals surface area contributed by atoms with Crippen molar-refractivity contribution < 1.29 is 0 Å². The first-order valence-electron chi connectivity index (χ1n) is 5.27. The molecule has 0 aliphatic rings. The van der Waals surface area contributed by atoms with Gasteiger partial charge in [-0.15, -0.1) is 0 Å². The zero-order valence-electron chi connectivity index (χ0n) is 9.47.